The molecule has 2 aromatic carbocycles. The standard InChI is InChI=1S/C24H32O8/c1-26-18-9-14(10-19(27-2)22(18)30-5)7-16-13-32-24(25)17(16)8-15-11-20(28-3)23(31-6)21(12-15)29-4/h9-12,16-17,24-25H,7-8,13H2,1-6H3/t16-,17+,24-/m0/s1. The molecule has 1 aliphatic heterocycles. The molecule has 0 amide bonds. The van der Waals surface area contributed by atoms with Gasteiger partial charge in [0.15, 0.2) is 29.3 Å². The van der Waals surface area contributed by atoms with Crippen LogP contribution < -0.4 is 28.4 Å². The molecule has 2 aromatic rings. The number of ether oxygens (including phenoxy) is 7. The summed E-state index contributed by atoms with van der Waals surface area (Å²) in [4.78, 5) is 0. The number of methoxy groups -OCH3 is 6. The fourth-order valence-electron chi connectivity index (χ4n) is 4.26. The Labute approximate surface area is 188 Å². The van der Waals surface area contributed by atoms with Gasteiger partial charge in [-0.05, 0) is 54.2 Å². The lowest BCUT2D eigenvalue weighted by Gasteiger charge is -2.22. The molecule has 0 spiro atoms. The highest BCUT2D eigenvalue weighted by molar-refractivity contribution is 5.55. The highest BCUT2D eigenvalue weighted by atomic mass is 16.6. The fraction of sp³-hybridized carbons (Fsp3) is 0.500. The van der Waals surface area contributed by atoms with Gasteiger partial charge in [0.05, 0.1) is 49.3 Å². The summed E-state index contributed by atoms with van der Waals surface area (Å²) in [5.74, 6) is 3.42. The van der Waals surface area contributed by atoms with Gasteiger partial charge in [-0.2, -0.15) is 0 Å². The van der Waals surface area contributed by atoms with Gasteiger partial charge in [-0.3, -0.25) is 0 Å². The van der Waals surface area contributed by atoms with Gasteiger partial charge in [0.25, 0.3) is 0 Å². The van der Waals surface area contributed by atoms with Crippen LogP contribution in [0.5, 0.6) is 34.5 Å². The van der Waals surface area contributed by atoms with Crippen molar-refractivity contribution in [2.45, 2.75) is 19.1 Å². The van der Waals surface area contributed by atoms with Crippen molar-refractivity contribution >= 4 is 0 Å². The summed E-state index contributed by atoms with van der Waals surface area (Å²) < 4.78 is 38.3. The van der Waals surface area contributed by atoms with Gasteiger partial charge in [0, 0.05) is 5.92 Å². The lowest BCUT2D eigenvalue weighted by molar-refractivity contribution is -0.0820. The van der Waals surface area contributed by atoms with Crippen molar-refractivity contribution in [2.24, 2.45) is 11.8 Å². The second-order valence-electron chi connectivity index (χ2n) is 7.62. The van der Waals surface area contributed by atoms with Crippen LogP contribution in [0, 0.1) is 11.8 Å². The molecule has 3 atom stereocenters. The quantitative estimate of drug-likeness (QED) is 0.594. The molecule has 1 saturated heterocycles. The second kappa shape index (κ2) is 10.7. The zero-order valence-electron chi connectivity index (χ0n) is 19.5. The molecule has 0 unspecified atom stereocenters. The van der Waals surface area contributed by atoms with E-state index >= 15 is 0 Å². The molecule has 1 heterocycles. The van der Waals surface area contributed by atoms with Gasteiger partial charge in [-0.1, -0.05) is 0 Å². The van der Waals surface area contributed by atoms with Gasteiger partial charge in [0.1, 0.15) is 0 Å². The van der Waals surface area contributed by atoms with E-state index in [1.165, 1.54) is 0 Å². The Morgan fingerprint density at radius 2 is 1.09 bits per heavy atom. The van der Waals surface area contributed by atoms with Crippen LogP contribution in [0.4, 0.5) is 0 Å². The first kappa shape index (κ1) is 23.8. The molecule has 1 fully saturated rings. The molecule has 3 rings (SSSR count). The average molecular weight is 449 g/mol. The van der Waals surface area contributed by atoms with Gasteiger partial charge in [0.2, 0.25) is 11.5 Å². The molecule has 8 nitrogen and oxygen atoms in total. The monoisotopic (exact) mass is 448 g/mol. The van der Waals surface area contributed by atoms with Gasteiger partial charge < -0.3 is 38.3 Å². The Kier molecular flexibility index (Phi) is 7.93. The Bertz CT molecular complexity index is 863. The third-order valence-corrected chi connectivity index (χ3v) is 5.87. The zero-order valence-corrected chi connectivity index (χ0v) is 19.5. The molecule has 32 heavy (non-hydrogen) atoms. The van der Waals surface area contributed by atoms with Crippen LogP contribution in [0.15, 0.2) is 24.3 Å². The summed E-state index contributed by atoms with van der Waals surface area (Å²) in [7, 11) is 9.51. The maximum atomic E-state index is 10.6. The van der Waals surface area contributed by atoms with Crippen LogP contribution >= 0.6 is 0 Å². The van der Waals surface area contributed by atoms with E-state index in [1.54, 1.807) is 42.7 Å². The van der Waals surface area contributed by atoms with Crippen LogP contribution in [0.1, 0.15) is 11.1 Å². The molecule has 1 N–H and O–H groups in total. The highest BCUT2D eigenvalue weighted by Crippen LogP contribution is 2.42. The topological polar surface area (TPSA) is 84.8 Å². The minimum absolute atomic E-state index is 0.0897. The van der Waals surface area contributed by atoms with E-state index in [1.807, 2.05) is 24.3 Å². The normalized spacial score (nSPS) is 20.0. The predicted molar refractivity (Wildman–Crippen MR) is 119 cm³/mol. The lowest BCUT2D eigenvalue weighted by Crippen LogP contribution is -2.24. The second-order valence-corrected chi connectivity index (χ2v) is 7.62. The van der Waals surface area contributed by atoms with Crippen molar-refractivity contribution < 1.29 is 38.3 Å². The summed E-state index contributed by atoms with van der Waals surface area (Å²) in [6, 6.07) is 7.68. The molecular formula is C24H32O8. The molecule has 0 saturated carbocycles. The number of aliphatic hydroxyl groups is 1. The third-order valence-electron chi connectivity index (χ3n) is 5.87. The Hall–Kier alpha value is -2.84. The number of aliphatic hydroxyl groups excluding tert-OH is 1. The van der Waals surface area contributed by atoms with E-state index in [-0.39, 0.29) is 11.8 Å². The maximum Gasteiger partial charge on any atom is 0.203 e. The van der Waals surface area contributed by atoms with Crippen molar-refractivity contribution in [1.29, 1.82) is 0 Å². The van der Waals surface area contributed by atoms with Crippen LogP contribution in [-0.2, 0) is 17.6 Å². The van der Waals surface area contributed by atoms with E-state index < -0.39 is 6.29 Å². The minimum Gasteiger partial charge on any atom is -0.493 e. The number of hydrogen-bond acceptors (Lipinski definition) is 8. The largest absolute Gasteiger partial charge is 0.493 e. The number of hydrogen-bond donors (Lipinski definition) is 1. The van der Waals surface area contributed by atoms with Gasteiger partial charge in [-0.15, -0.1) is 0 Å². The SMILES string of the molecule is COc1cc(C[C@H]2CO[C@H](O)[C@@H]2Cc2cc(OC)c(OC)c(OC)c2)cc(OC)c1OC. The van der Waals surface area contributed by atoms with Crippen molar-refractivity contribution in [3.63, 3.8) is 0 Å². The average Bonchev–Trinajstić information content (AvgIpc) is 3.16. The van der Waals surface area contributed by atoms with Crippen molar-refractivity contribution in [2.75, 3.05) is 49.3 Å². The van der Waals surface area contributed by atoms with E-state index in [2.05, 4.69) is 0 Å². The van der Waals surface area contributed by atoms with Crippen LogP contribution in [0.25, 0.3) is 0 Å². The zero-order chi connectivity index (χ0) is 23.3. The maximum absolute atomic E-state index is 10.6. The van der Waals surface area contributed by atoms with Gasteiger partial charge in [-0.25, -0.2) is 0 Å². The summed E-state index contributed by atoms with van der Waals surface area (Å²) in [5, 5.41) is 10.6. The predicted octanol–water partition coefficient (Wildman–Crippen LogP) is 3.10. The first-order valence-corrected chi connectivity index (χ1v) is 10.4. The van der Waals surface area contributed by atoms with E-state index in [0.717, 1.165) is 11.1 Å². The summed E-state index contributed by atoms with van der Waals surface area (Å²) >= 11 is 0. The Morgan fingerprint density at radius 1 is 0.688 bits per heavy atom. The number of benzene rings is 2. The molecule has 176 valence electrons. The summed E-state index contributed by atoms with van der Waals surface area (Å²) in [5.41, 5.74) is 1.97. The smallest absolute Gasteiger partial charge is 0.203 e. The molecule has 8 heteroatoms. The minimum atomic E-state index is -0.860. The van der Waals surface area contributed by atoms with E-state index in [4.69, 9.17) is 33.2 Å². The summed E-state index contributed by atoms with van der Waals surface area (Å²) in [6.45, 7) is 0.451. The van der Waals surface area contributed by atoms with Crippen molar-refractivity contribution in [3.05, 3.63) is 35.4 Å². The van der Waals surface area contributed by atoms with Crippen LogP contribution in [-0.4, -0.2) is 60.7 Å². The molecular weight excluding hydrogens is 416 g/mol. The molecule has 0 bridgehead atoms. The summed E-state index contributed by atoms with van der Waals surface area (Å²) in [6.07, 6.45) is 0.414. The first-order chi connectivity index (χ1) is 15.5. The van der Waals surface area contributed by atoms with Crippen molar-refractivity contribution in [1.82, 2.24) is 0 Å². The third kappa shape index (κ3) is 4.81. The molecule has 0 aromatic heterocycles. The Morgan fingerprint density at radius 3 is 1.47 bits per heavy atom. The molecule has 0 aliphatic carbocycles. The van der Waals surface area contributed by atoms with Crippen LogP contribution in [0.3, 0.4) is 0 Å². The number of rotatable bonds is 10. The van der Waals surface area contributed by atoms with E-state index in [0.29, 0.717) is 53.9 Å². The fourth-order valence-corrected chi connectivity index (χ4v) is 4.26. The lowest BCUT2D eigenvalue weighted by atomic mass is 9.84. The Balaban J connectivity index is 1.86. The van der Waals surface area contributed by atoms with E-state index in [9.17, 15) is 5.11 Å². The molecule has 1 aliphatic rings. The van der Waals surface area contributed by atoms with Crippen LogP contribution in [0.2, 0.25) is 0 Å². The van der Waals surface area contributed by atoms with Gasteiger partial charge >= 0.3 is 0 Å². The highest BCUT2D eigenvalue weighted by Gasteiger charge is 2.36. The van der Waals surface area contributed by atoms with Crippen molar-refractivity contribution in [3.8, 4) is 34.5 Å². The molecule has 0 radical (unpaired) electrons. The first-order valence-electron chi connectivity index (χ1n) is 10.4.